The number of aliphatic hydroxyl groups is 1. The number of nitrogens with zero attached hydrogens (tertiary/aromatic N) is 1. The minimum atomic E-state index is -0.428. The maximum absolute atomic E-state index is 9.95. The van der Waals surface area contributed by atoms with Crippen LogP contribution in [0.2, 0.25) is 0 Å². The zero-order chi connectivity index (χ0) is 14.1. The molecule has 1 aliphatic heterocycles. The second-order valence-electron chi connectivity index (χ2n) is 5.21. The van der Waals surface area contributed by atoms with Gasteiger partial charge in [-0.3, -0.25) is 0 Å². The molecule has 0 spiro atoms. The molecule has 0 radical (unpaired) electrons. The van der Waals surface area contributed by atoms with Gasteiger partial charge in [-0.05, 0) is 26.7 Å². The van der Waals surface area contributed by atoms with Crippen molar-refractivity contribution in [1.82, 2.24) is 4.90 Å². The van der Waals surface area contributed by atoms with Crippen molar-refractivity contribution in [3.8, 4) is 0 Å². The smallest absolute Gasteiger partial charge is 0.0900 e. The number of piperidine rings is 1. The Kier molecular flexibility index (Phi) is 8.57. The first kappa shape index (κ1) is 16.9. The van der Waals surface area contributed by atoms with Gasteiger partial charge < -0.3 is 24.2 Å². The topological polar surface area (TPSA) is 51.2 Å². The molecular weight excluding hydrogens is 246 g/mol. The van der Waals surface area contributed by atoms with Crippen molar-refractivity contribution in [2.24, 2.45) is 0 Å². The lowest BCUT2D eigenvalue weighted by atomic mass is 10.1. The van der Waals surface area contributed by atoms with Crippen LogP contribution in [-0.2, 0) is 14.2 Å². The monoisotopic (exact) mass is 275 g/mol. The van der Waals surface area contributed by atoms with E-state index in [-0.39, 0.29) is 6.10 Å². The summed E-state index contributed by atoms with van der Waals surface area (Å²) in [5.41, 5.74) is 0. The lowest BCUT2D eigenvalue weighted by Gasteiger charge is -2.33. The third kappa shape index (κ3) is 7.22. The van der Waals surface area contributed by atoms with Crippen molar-refractivity contribution in [3.05, 3.63) is 0 Å². The summed E-state index contributed by atoms with van der Waals surface area (Å²) in [6, 6.07) is 0. The van der Waals surface area contributed by atoms with Crippen LogP contribution in [0, 0.1) is 0 Å². The molecule has 1 fully saturated rings. The van der Waals surface area contributed by atoms with E-state index in [0.29, 0.717) is 25.9 Å². The quantitative estimate of drug-likeness (QED) is 0.677. The van der Waals surface area contributed by atoms with Crippen molar-refractivity contribution in [2.75, 3.05) is 46.6 Å². The van der Waals surface area contributed by atoms with Gasteiger partial charge in [0.05, 0.1) is 31.5 Å². The number of hydrogen-bond acceptors (Lipinski definition) is 5. The Bertz CT molecular complexity index is 219. The fourth-order valence-corrected chi connectivity index (χ4v) is 2.40. The molecule has 1 rings (SSSR count). The predicted molar refractivity (Wildman–Crippen MR) is 74.4 cm³/mol. The van der Waals surface area contributed by atoms with Crippen LogP contribution in [-0.4, -0.2) is 74.9 Å². The molecule has 1 heterocycles. The molecule has 19 heavy (non-hydrogen) atoms. The molecule has 114 valence electrons. The molecule has 1 aliphatic rings. The molecule has 5 heteroatoms. The van der Waals surface area contributed by atoms with E-state index in [1.54, 1.807) is 7.11 Å². The van der Waals surface area contributed by atoms with Gasteiger partial charge in [0.15, 0.2) is 0 Å². The van der Waals surface area contributed by atoms with Crippen LogP contribution < -0.4 is 0 Å². The Morgan fingerprint density at radius 1 is 1.26 bits per heavy atom. The Morgan fingerprint density at radius 2 is 1.95 bits per heavy atom. The first-order valence-electron chi connectivity index (χ1n) is 7.28. The van der Waals surface area contributed by atoms with E-state index in [1.165, 1.54) is 0 Å². The summed E-state index contributed by atoms with van der Waals surface area (Å²) in [5.74, 6) is 0. The molecule has 2 unspecified atom stereocenters. The summed E-state index contributed by atoms with van der Waals surface area (Å²) in [4.78, 5) is 2.28. The molecule has 0 bridgehead atoms. The highest BCUT2D eigenvalue weighted by atomic mass is 16.5. The van der Waals surface area contributed by atoms with E-state index in [0.717, 1.165) is 32.5 Å². The van der Waals surface area contributed by atoms with Crippen LogP contribution in [0.1, 0.15) is 26.7 Å². The van der Waals surface area contributed by atoms with Gasteiger partial charge in [0.1, 0.15) is 0 Å². The van der Waals surface area contributed by atoms with Gasteiger partial charge in [0, 0.05) is 33.4 Å². The summed E-state index contributed by atoms with van der Waals surface area (Å²) in [7, 11) is 1.65. The number of likely N-dealkylation sites (tertiary alicyclic amines) is 1. The first-order valence-corrected chi connectivity index (χ1v) is 7.28. The summed E-state index contributed by atoms with van der Waals surface area (Å²) in [5, 5.41) is 9.95. The van der Waals surface area contributed by atoms with E-state index < -0.39 is 6.10 Å². The van der Waals surface area contributed by atoms with Crippen molar-refractivity contribution in [3.63, 3.8) is 0 Å². The predicted octanol–water partition coefficient (Wildman–Crippen LogP) is 0.900. The number of β-amino-alcohol motifs (C(OH)–C–C–N with tert-alkyl or cyclic N) is 1. The van der Waals surface area contributed by atoms with E-state index >= 15 is 0 Å². The zero-order valence-electron chi connectivity index (χ0n) is 12.5. The zero-order valence-corrected chi connectivity index (χ0v) is 12.5. The van der Waals surface area contributed by atoms with Crippen molar-refractivity contribution < 1.29 is 19.3 Å². The van der Waals surface area contributed by atoms with Gasteiger partial charge in [-0.15, -0.1) is 0 Å². The standard InChI is InChI=1S/C14H29NO4/c1-4-18-14-5-7-15(8-6-14)9-13(16)11-19-12(2)10-17-3/h12-14,16H,4-11H2,1-3H3. The number of aliphatic hydroxyl groups excluding tert-OH is 1. The minimum absolute atomic E-state index is 0.0309. The Hall–Kier alpha value is -0.200. The lowest BCUT2D eigenvalue weighted by molar-refractivity contribution is -0.0470. The normalized spacial score (nSPS) is 21.5. The fourth-order valence-electron chi connectivity index (χ4n) is 2.40. The van der Waals surface area contributed by atoms with Crippen LogP contribution in [0.4, 0.5) is 0 Å². The third-order valence-electron chi connectivity index (χ3n) is 3.38. The van der Waals surface area contributed by atoms with Gasteiger partial charge in [-0.25, -0.2) is 0 Å². The number of hydrogen-bond donors (Lipinski definition) is 1. The molecule has 5 nitrogen and oxygen atoms in total. The molecular formula is C14H29NO4. The maximum Gasteiger partial charge on any atom is 0.0900 e. The van der Waals surface area contributed by atoms with Crippen molar-refractivity contribution in [2.45, 2.75) is 45.0 Å². The lowest BCUT2D eigenvalue weighted by Crippen LogP contribution is -2.42. The fraction of sp³-hybridized carbons (Fsp3) is 1.00. The highest BCUT2D eigenvalue weighted by Crippen LogP contribution is 2.13. The molecule has 0 amide bonds. The summed E-state index contributed by atoms with van der Waals surface area (Å²) >= 11 is 0. The summed E-state index contributed by atoms with van der Waals surface area (Å²) in [6.45, 7) is 8.38. The second-order valence-corrected chi connectivity index (χ2v) is 5.21. The van der Waals surface area contributed by atoms with Crippen LogP contribution in [0.3, 0.4) is 0 Å². The van der Waals surface area contributed by atoms with E-state index in [1.807, 2.05) is 13.8 Å². The minimum Gasteiger partial charge on any atom is -0.389 e. The summed E-state index contributed by atoms with van der Waals surface area (Å²) in [6.07, 6.45) is 2.12. The Morgan fingerprint density at radius 3 is 2.53 bits per heavy atom. The summed E-state index contributed by atoms with van der Waals surface area (Å²) < 4.78 is 16.1. The maximum atomic E-state index is 9.95. The van der Waals surface area contributed by atoms with E-state index in [9.17, 15) is 5.11 Å². The average molecular weight is 275 g/mol. The second kappa shape index (κ2) is 9.66. The largest absolute Gasteiger partial charge is 0.389 e. The number of ether oxygens (including phenoxy) is 3. The average Bonchev–Trinajstić information content (AvgIpc) is 2.39. The molecule has 0 aromatic rings. The van der Waals surface area contributed by atoms with Gasteiger partial charge in [0.2, 0.25) is 0 Å². The molecule has 0 aromatic carbocycles. The van der Waals surface area contributed by atoms with Crippen LogP contribution in [0.15, 0.2) is 0 Å². The molecule has 0 aromatic heterocycles. The third-order valence-corrected chi connectivity index (χ3v) is 3.38. The van der Waals surface area contributed by atoms with Crippen LogP contribution >= 0.6 is 0 Å². The van der Waals surface area contributed by atoms with E-state index in [2.05, 4.69) is 4.90 Å². The highest BCUT2D eigenvalue weighted by Gasteiger charge is 2.21. The SMILES string of the molecule is CCOC1CCN(CC(O)COC(C)COC)CC1. The molecule has 1 N–H and O–H groups in total. The van der Waals surface area contributed by atoms with E-state index in [4.69, 9.17) is 14.2 Å². The van der Waals surface area contributed by atoms with Gasteiger partial charge in [-0.2, -0.15) is 0 Å². The Balaban J connectivity index is 2.11. The number of rotatable bonds is 9. The molecule has 0 aliphatic carbocycles. The van der Waals surface area contributed by atoms with Gasteiger partial charge in [-0.1, -0.05) is 0 Å². The Labute approximate surface area is 116 Å². The molecule has 1 saturated heterocycles. The number of methoxy groups -OCH3 is 1. The molecule has 2 atom stereocenters. The van der Waals surface area contributed by atoms with Crippen LogP contribution in [0.25, 0.3) is 0 Å². The highest BCUT2D eigenvalue weighted by molar-refractivity contribution is 4.74. The first-order chi connectivity index (χ1) is 9.15. The van der Waals surface area contributed by atoms with Gasteiger partial charge >= 0.3 is 0 Å². The van der Waals surface area contributed by atoms with Crippen molar-refractivity contribution in [1.29, 1.82) is 0 Å². The van der Waals surface area contributed by atoms with Gasteiger partial charge in [0.25, 0.3) is 0 Å². The molecule has 0 saturated carbocycles. The van der Waals surface area contributed by atoms with Crippen LogP contribution in [0.5, 0.6) is 0 Å². The van der Waals surface area contributed by atoms with Crippen molar-refractivity contribution >= 4 is 0 Å².